The zero-order valence-electron chi connectivity index (χ0n) is 8.57. The molecule has 0 unspecified atom stereocenters. The molecule has 0 nitrogen and oxygen atoms in total. The Morgan fingerprint density at radius 2 is 1.83 bits per heavy atom. The summed E-state index contributed by atoms with van der Waals surface area (Å²) in [6, 6.07) is 0. The molecular weight excluding hydrogens is 164 g/mol. The Bertz CT molecular complexity index is 114. The van der Waals surface area contributed by atoms with Crippen LogP contribution in [0.3, 0.4) is 0 Å². The van der Waals surface area contributed by atoms with Gasteiger partial charge in [-0.2, -0.15) is 11.8 Å². The predicted octanol–water partition coefficient (Wildman–Crippen LogP) is 4.24. The van der Waals surface area contributed by atoms with Gasteiger partial charge in [0.1, 0.15) is 0 Å². The molecule has 0 saturated heterocycles. The second-order valence-corrected chi connectivity index (χ2v) is 5.90. The minimum atomic E-state index is 0.646. The number of hydrogen-bond donors (Lipinski definition) is 0. The summed E-state index contributed by atoms with van der Waals surface area (Å²) in [7, 11) is 0. The fourth-order valence-corrected chi connectivity index (χ4v) is 3.41. The van der Waals surface area contributed by atoms with Crippen LogP contribution >= 0.6 is 11.8 Å². The smallest absolute Gasteiger partial charge is 0.0131 e. The number of rotatable bonds is 4. The van der Waals surface area contributed by atoms with Crippen LogP contribution in [0.15, 0.2) is 0 Å². The molecule has 1 heteroatoms. The van der Waals surface area contributed by atoms with Crippen LogP contribution < -0.4 is 0 Å². The summed E-state index contributed by atoms with van der Waals surface area (Å²) in [5.41, 5.74) is 0. The molecule has 0 spiro atoms. The fourth-order valence-electron chi connectivity index (χ4n) is 1.91. The summed E-state index contributed by atoms with van der Waals surface area (Å²) in [6.45, 7) is 4.75. The highest BCUT2D eigenvalue weighted by atomic mass is 32.2. The number of unbranched alkanes of at least 4 members (excludes halogenated alkanes) is 1. The first-order valence-electron chi connectivity index (χ1n) is 5.41. The molecule has 0 amide bonds. The lowest BCUT2D eigenvalue weighted by Crippen LogP contribution is -2.23. The zero-order valence-corrected chi connectivity index (χ0v) is 9.38. The molecule has 1 rings (SSSR count). The van der Waals surface area contributed by atoms with Crippen LogP contribution in [0.25, 0.3) is 0 Å². The van der Waals surface area contributed by atoms with Crippen molar-refractivity contribution >= 4 is 11.8 Å². The SMILES string of the molecule is CCCCSC1(C)CCCCC1. The normalized spacial score (nSPS) is 22.5. The largest absolute Gasteiger partial charge is 0.155 e. The minimum Gasteiger partial charge on any atom is -0.155 e. The summed E-state index contributed by atoms with van der Waals surface area (Å²) >= 11 is 2.22. The molecule has 1 saturated carbocycles. The second kappa shape index (κ2) is 5.16. The Labute approximate surface area is 81.5 Å². The molecule has 1 aliphatic carbocycles. The summed E-state index contributed by atoms with van der Waals surface area (Å²) in [5, 5.41) is 0. The molecule has 0 heterocycles. The summed E-state index contributed by atoms with van der Waals surface area (Å²) in [6.07, 6.45) is 10.1. The van der Waals surface area contributed by atoms with Crippen LogP contribution in [0.4, 0.5) is 0 Å². The van der Waals surface area contributed by atoms with Crippen molar-refractivity contribution in [3.63, 3.8) is 0 Å². The summed E-state index contributed by atoms with van der Waals surface area (Å²) < 4.78 is 0.646. The van der Waals surface area contributed by atoms with Crippen molar-refractivity contribution in [3.05, 3.63) is 0 Å². The van der Waals surface area contributed by atoms with Gasteiger partial charge in [-0.3, -0.25) is 0 Å². The molecule has 0 atom stereocenters. The van der Waals surface area contributed by atoms with Crippen LogP contribution in [-0.4, -0.2) is 10.5 Å². The Balaban J connectivity index is 2.17. The van der Waals surface area contributed by atoms with Gasteiger partial charge in [0.25, 0.3) is 0 Å². The zero-order chi connectivity index (χ0) is 8.86. The van der Waals surface area contributed by atoms with Gasteiger partial charge >= 0.3 is 0 Å². The monoisotopic (exact) mass is 186 g/mol. The van der Waals surface area contributed by atoms with Gasteiger partial charge in [-0.1, -0.05) is 39.5 Å². The van der Waals surface area contributed by atoms with Gasteiger partial charge in [0.05, 0.1) is 0 Å². The van der Waals surface area contributed by atoms with Crippen LogP contribution in [0.5, 0.6) is 0 Å². The lowest BCUT2D eigenvalue weighted by molar-refractivity contribution is 0.422. The fraction of sp³-hybridized carbons (Fsp3) is 1.00. The minimum absolute atomic E-state index is 0.646. The highest BCUT2D eigenvalue weighted by molar-refractivity contribution is 8.00. The predicted molar refractivity (Wildman–Crippen MR) is 58.9 cm³/mol. The van der Waals surface area contributed by atoms with Crippen molar-refractivity contribution < 1.29 is 0 Å². The molecule has 1 fully saturated rings. The van der Waals surface area contributed by atoms with E-state index in [1.54, 1.807) is 0 Å². The van der Waals surface area contributed by atoms with Crippen LogP contribution in [0.2, 0.25) is 0 Å². The van der Waals surface area contributed by atoms with Crippen molar-refractivity contribution in [2.45, 2.75) is 63.5 Å². The van der Waals surface area contributed by atoms with E-state index in [0.717, 1.165) is 0 Å². The first-order chi connectivity index (χ1) is 5.77. The second-order valence-electron chi connectivity index (χ2n) is 4.21. The van der Waals surface area contributed by atoms with E-state index in [-0.39, 0.29) is 0 Å². The van der Waals surface area contributed by atoms with Gasteiger partial charge in [0, 0.05) is 4.75 Å². The highest BCUT2D eigenvalue weighted by Crippen LogP contribution is 2.39. The molecule has 1 aliphatic rings. The van der Waals surface area contributed by atoms with Gasteiger partial charge in [0.2, 0.25) is 0 Å². The van der Waals surface area contributed by atoms with Crippen molar-refractivity contribution in [1.82, 2.24) is 0 Å². The Morgan fingerprint density at radius 3 is 2.42 bits per heavy atom. The van der Waals surface area contributed by atoms with Crippen LogP contribution in [0, 0.1) is 0 Å². The Hall–Kier alpha value is 0.350. The third-order valence-electron chi connectivity index (χ3n) is 2.86. The third-order valence-corrected chi connectivity index (χ3v) is 4.46. The van der Waals surface area contributed by atoms with Crippen molar-refractivity contribution in [2.75, 3.05) is 5.75 Å². The highest BCUT2D eigenvalue weighted by Gasteiger charge is 2.26. The van der Waals surface area contributed by atoms with Crippen LogP contribution in [-0.2, 0) is 0 Å². The molecule has 0 aromatic heterocycles. The average molecular weight is 186 g/mol. The maximum atomic E-state index is 2.46. The summed E-state index contributed by atoms with van der Waals surface area (Å²) in [4.78, 5) is 0. The van der Waals surface area contributed by atoms with Crippen molar-refractivity contribution in [2.24, 2.45) is 0 Å². The lowest BCUT2D eigenvalue weighted by atomic mass is 9.90. The standard InChI is InChI=1S/C11H22S/c1-3-4-10-12-11(2)8-6-5-7-9-11/h3-10H2,1-2H3. The molecule has 12 heavy (non-hydrogen) atoms. The summed E-state index contributed by atoms with van der Waals surface area (Å²) in [5.74, 6) is 1.38. The first kappa shape index (κ1) is 10.4. The topological polar surface area (TPSA) is 0 Å². The molecule has 0 aromatic rings. The van der Waals surface area contributed by atoms with Gasteiger partial charge in [-0.25, -0.2) is 0 Å². The molecule has 0 radical (unpaired) electrons. The van der Waals surface area contributed by atoms with E-state index >= 15 is 0 Å². The van der Waals surface area contributed by atoms with Gasteiger partial charge in [-0.05, 0) is 25.0 Å². The van der Waals surface area contributed by atoms with E-state index in [2.05, 4.69) is 25.6 Å². The van der Waals surface area contributed by atoms with E-state index in [4.69, 9.17) is 0 Å². The molecule has 0 N–H and O–H groups in total. The lowest BCUT2D eigenvalue weighted by Gasteiger charge is -2.32. The van der Waals surface area contributed by atoms with Crippen LogP contribution in [0.1, 0.15) is 58.8 Å². The molecule has 0 aliphatic heterocycles. The molecule has 0 aromatic carbocycles. The molecule has 0 bridgehead atoms. The van der Waals surface area contributed by atoms with Gasteiger partial charge in [-0.15, -0.1) is 0 Å². The average Bonchev–Trinajstić information content (AvgIpc) is 2.06. The first-order valence-corrected chi connectivity index (χ1v) is 6.39. The number of thioether (sulfide) groups is 1. The van der Waals surface area contributed by atoms with E-state index in [9.17, 15) is 0 Å². The quantitative estimate of drug-likeness (QED) is 0.592. The number of hydrogen-bond acceptors (Lipinski definition) is 1. The third kappa shape index (κ3) is 3.38. The van der Waals surface area contributed by atoms with E-state index < -0.39 is 0 Å². The van der Waals surface area contributed by atoms with Crippen molar-refractivity contribution in [1.29, 1.82) is 0 Å². The Kier molecular flexibility index (Phi) is 4.49. The van der Waals surface area contributed by atoms with Crippen molar-refractivity contribution in [3.8, 4) is 0 Å². The van der Waals surface area contributed by atoms with Gasteiger partial charge < -0.3 is 0 Å². The van der Waals surface area contributed by atoms with Gasteiger partial charge in [0.15, 0.2) is 0 Å². The molecular formula is C11H22S. The maximum absolute atomic E-state index is 2.46. The Morgan fingerprint density at radius 1 is 1.17 bits per heavy atom. The van der Waals surface area contributed by atoms with E-state index in [1.165, 1.54) is 50.7 Å². The maximum Gasteiger partial charge on any atom is 0.0131 e. The molecule has 72 valence electrons. The van der Waals surface area contributed by atoms with E-state index in [0.29, 0.717) is 4.75 Å². The van der Waals surface area contributed by atoms with E-state index in [1.807, 2.05) is 0 Å².